The van der Waals surface area contributed by atoms with Crippen molar-refractivity contribution < 1.29 is 18.9 Å². The molecular weight excluding hydrogens is 444 g/mol. The number of rotatable bonds is 18. The van der Waals surface area contributed by atoms with Crippen LogP contribution in [0.3, 0.4) is 0 Å². The van der Waals surface area contributed by atoms with Gasteiger partial charge in [0.1, 0.15) is 0 Å². The standard InChI is InChI=1S/C11H20O2S2.C10H18O2S2/c1-9(4-13-6-11-8-15-11)2-3-12-5-10-7-14-10;1(3-11-5-9-7-13-9)2-4-12-6-10-8-14-10/h9-11H,2-8H2,1H3;9-10H,1-8H2. The van der Waals surface area contributed by atoms with Crippen molar-refractivity contribution >= 4 is 47.0 Å². The van der Waals surface area contributed by atoms with Gasteiger partial charge in [-0.1, -0.05) is 6.92 Å². The Balaban J connectivity index is 0.000000166. The lowest BCUT2D eigenvalue weighted by atomic mass is 10.1. The monoisotopic (exact) mass is 482 g/mol. The Morgan fingerprint density at radius 2 is 1.00 bits per heavy atom. The molecule has 0 aliphatic carbocycles. The highest BCUT2D eigenvalue weighted by Gasteiger charge is 2.24. The minimum atomic E-state index is 0.639. The van der Waals surface area contributed by atoms with Gasteiger partial charge in [-0.15, -0.1) is 0 Å². The van der Waals surface area contributed by atoms with Crippen molar-refractivity contribution in [3.05, 3.63) is 0 Å². The van der Waals surface area contributed by atoms with Crippen LogP contribution < -0.4 is 0 Å². The molecule has 29 heavy (non-hydrogen) atoms. The molecule has 0 saturated carbocycles. The lowest BCUT2D eigenvalue weighted by Gasteiger charge is -2.11. The fourth-order valence-corrected chi connectivity index (χ4v) is 4.18. The first-order valence-electron chi connectivity index (χ1n) is 11.1. The Hall–Kier alpha value is 1.24. The summed E-state index contributed by atoms with van der Waals surface area (Å²) in [4.78, 5) is 0. The summed E-state index contributed by atoms with van der Waals surface area (Å²) in [6.45, 7) is 9.71. The minimum absolute atomic E-state index is 0.639. The van der Waals surface area contributed by atoms with E-state index in [1.54, 1.807) is 0 Å². The number of hydrogen-bond acceptors (Lipinski definition) is 8. The first kappa shape index (κ1) is 24.9. The van der Waals surface area contributed by atoms with Gasteiger partial charge in [-0.05, 0) is 25.2 Å². The molecule has 0 aromatic heterocycles. The zero-order valence-electron chi connectivity index (χ0n) is 17.8. The first-order valence-corrected chi connectivity index (χ1v) is 15.3. The van der Waals surface area contributed by atoms with Crippen molar-refractivity contribution in [3.63, 3.8) is 0 Å². The molecule has 0 N–H and O–H groups in total. The van der Waals surface area contributed by atoms with Crippen molar-refractivity contribution in [1.29, 1.82) is 0 Å². The summed E-state index contributed by atoms with van der Waals surface area (Å²) in [5.74, 6) is 5.86. The Morgan fingerprint density at radius 3 is 1.41 bits per heavy atom. The molecule has 0 aromatic rings. The second-order valence-electron chi connectivity index (χ2n) is 8.18. The normalized spacial score (nSPS) is 29.7. The Kier molecular flexibility index (Phi) is 13.0. The second-order valence-corrected chi connectivity index (χ2v) is 13.5. The molecule has 8 heteroatoms. The molecule has 4 aliphatic rings. The van der Waals surface area contributed by atoms with Crippen LogP contribution in [0, 0.1) is 5.92 Å². The van der Waals surface area contributed by atoms with Gasteiger partial charge < -0.3 is 18.9 Å². The van der Waals surface area contributed by atoms with Crippen LogP contribution in [-0.2, 0) is 18.9 Å². The third-order valence-electron chi connectivity index (χ3n) is 4.81. The van der Waals surface area contributed by atoms with Crippen LogP contribution >= 0.6 is 47.0 Å². The number of thioether (sulfide) groups is 4. The molecule has 170 valence electrons. The van der Waals surface area contributed by atoms with Crippen LogP contribution in [-0.4, -0.2) is 96.9 Å². The van der Waals surface area contributed by atoms with Gasteiger partial charge in [-0.3, -0.25) is 0 Å². The molecule has 5 atom stereocenters. The zero-order valence-corrected chi connectivity index (χ0v) is 21.0. The van der Waals surface area contributed by atoms with Gasteiger partial charge >= 0.3 is 0 Å². The fourth-order valence-electron chi connectivity index (χ4n) is 2.48. The number of ether oxygens (including phenoxy) is 4. The summed E-state index contributed by atoms with van der Waals surface area (Å²) in [5, 5.41) is 3.25. The SMILES string of the molecule is C(CCOCC1CS1)COCC1CS1.CC(CCOCC1CS1)COCC1CS1. The van der Waals surface area contributed by atoms with E-state index in [1.165, 1.54) is 23.0 Å². The highest BCUT2D eigenvalue weighted by Crippen LogP contribution is 2.31. The quantitative estimate of drug-likeness (QED) is 0.211. The van der Waals surface area contributed by atoms with Crippen LogP contribution in [0.4, 0.5) is 0 Å². The van der Waals surface area contributed by atoms with Crippen molar-refractivity contribution in [2.45, 2.75) is 47.2 Å². The van der Waals surface area contributed by atoms with Gasteiger partial charge in [-0.25, -0.2) is 0 Å². The van der Waals surface area contributed by atoms with Gasteiger partial charge in [0.2, 0.25) is 0 Å². The third-order valence-corrected chi connectivity index (χ3v) is 8.57. The van der Waals surface area contributed by atoms with E-state index >= 15 is 0 Å². The van der Waals surface area contributed by atoms with E-state index < -0.39 is 0 Å². The molecule has 0 aromatic carbocycles. The molecule has 0 amide bonds. The molecule has 0 radical (unpaired) electrons. The van der Waals surface area contributed by atoms with Crippen molar-refractivity contribution in [2.24, 2.45) is 5.92 Å². The molecule has 0 bridgehead atoms. The van der Waals surface area contributed by atoms with Crippen LogP contribution in [0.5, 0.6) is 0 Å². The molecular formula is C21H38O4S4. The van der Waals surface area contributed by atoms with Gasteiger partial charge in [0, 0.05) is 70.4 Å². The van der Waals surface area contributed by atoms with Gasteiger partial charge in [0.05, 0.1) is 26.4 Å². The summed E-state index contributed by atoms with van der Waals surface area (Å²) in [6.07, 6.45) is 3.43. The van der Waals surface area contributed by atoms with Crippen molar-refractivity contribution in [3.8, 4) is 0 Å². The Labute approximate surface area is 194 Å². The molecule has 4 rings (SSSR count). The van der Waals surface area contributed by atoms with E-state index in [1.807, 2.05) is 47.0 Å². The maximum Gasteiger partial charge on any atom is 0.0593 e. The maximum absolute atomic E-state index is 5.63. The highest BCUT2D eigenvalue weighted by molar-refractivity contribution is 8.07. The fraction of sp³-hybridized carbons (Fsp3) is 1.00. The average Bonchev–Trinajstić information content (AvgIpc) is 3.57. The highest BCUT2D eigenvalue weighted by atomic mass is 32.2. The molecule has 4 aliphatic heterocycles. The van der Waals surface area contributed by atoms with Gasteiger partial charge in [0.15, 0.2) is 0 Å². The zero-order chi connectivity index (χ0) is 20.2. The summed E-state index contributed by atoms with van der Waals surface area (Å²) in [6, 6.07) is 0. The summed E-state index contributed by atoms with van der Waals surface area (Å²) in [5.41, 5.74) is 0. The number of unbranched alkanes of at least 4 members (excludes halogenated alkanes) is 1. The topological polar surface area (TPSA) is 36.9 Å². The van der Waals surface area contributed by atoms with E-state index in [2.05, 4.69) is 6.92 Å². The van der Waals surface area contributed by atoms with Crippen LogP contribution in [0.15, 0.2) is 0 Å². The average molecular weight is 483 g/mol. The third kappa shape index (κ3) is 15.6. The summed E-state index contributed by atoms with van der Waals surface area (Å²) in [7, 11) is 0. The Bertz CT molecular complexity index is 397. The largest absolute Gasteiger partial charge is 0.380 e. The Morgan fingerprint density at radius 1 is 0.621 bits per heavy atom. The smallest absolute Gasteiger partial charge is 0.0593 e. The maximum atomic E-state index is 5.63. The second kappa shape index (κ2) is 15.1. The molecule has 4 nitrogen and oxygen atoms in total. The first-order chi connectivity index (χ1) is 14.3. The van der Waals surface area contributed by atoms with Crippen LogP contribution in [0.1, 0.15) is 26.2 Å². The van der Waals surface area contributed by atoms with E-state index in [0.717, 1.165) is 93.1 Å². The molecule has 5 unspecified atom stereocenters. The lowest BCUT2D eigenvalue weighted by molar-refractivity contribution is 0.0814. The van der Waals surface area contributed by atoms with Gasteiger partial charge in [-0.2, -0.15) is 47.0 Å². The van der Waals surface area contributed by atoms with E-state index in [9.17, 15) is 0 Å². The van der Waals surface area contributed by atoms with Crippen molar-refractivity contribution in [1.82, 2.24) is 0 Å². The molecule has 0 spiro atoms. The predicted molar refractivity (Wildman–Crippen MR) is 131 cm³/mol. The van der Waals surface area contributed by atoms with Gasteiger partial charge in [0.25, 0.3) is 0 Å². The molecule has 4 fully saturated rings. The summed E-state index contributed by atoms with van der Waals surface area (Å²) < 4.78 is 22.3. The molecule has 4 heterocycles. The lowest BCUT2D eigenvalue weighted by Crippen LogP contribution is -2.12. The van der Waals surface area contributed by atoms with E-state index in [0.29, 0.717) is 5.92 Å². The summed E-state index contributed by atoms with van der Waals surface area (Å²) >= 11 is 8.00. The van der Waals surface area contributed by atoms with E-state index in [-0.39, 0.29) is 0 Å². The van der Waals surface area contributed by atoms with Crippen LogP contribution in [0.25, 0.3) is 0 Å². The van der Waals surface area contributed by atoms with Crippen LogP contribution in [0.2, 0.25) is 0 Å². The van der Waals surface area contributed by atoms with E-state index in [4.69, 9.17) is 18.9 Å². The van der Waals surface area contributed by atoms with Crippen molar-refractivity contribution in [2.75, 3.05) is 75.9 Å². The number of hydrogen-bond donors (Lipinski definition) is 0. The predicted octanol–water partition coefficient (Wildman–Crippen LogP) is 4.31. The molecule has 4 saturated heterocycles. The minimum Gasteiger partial charge on any atom is -0.380 e.